The van der Waals surface area contributed by atoms with E-state index in [1.54, 1.807) is 6.92 Å². The van der Waals surface area contributed by atoms with Crippen molar-refractivity contribution in [1.82, 2.24) is 20.2 Å². The van der Waals surface area contributed by atoms with Gasteiger partial charge in [-0.2, -0.15) is 10.1 Å². The number of aromatic nitrogens is 4. The fraction of sp³-hybridized carbons (Fsp3) is 0.200. The monoisotopic (exact) mass is 233 g/mol. The van der Waals surface area contributed by atoms with Gasteiger partial charge >= 0.3 is 0 Å². The van der Waals surface area contributed by atoms with Gasteiger partial charge in [-0.25, -0.2) is 10.1 Å². The van der Waals surface area contributed by atoms with Crippen molar-refractivity contribution in [1.29, 1.82) is 0 Å². The smallest absolute Gasteiger partial charge is 0.245 e. The second-order valence-corrected chi connectivity index (χ2v) is 3.36. The summed E-state index contributed by atoms with van der Waals surface area (Å²) in [7, 11) is 0. The summed E-state index contributed by atoms with van der Waals surface area (Å²) < 4.78 is 0. The Labute approximate surface area is 96.9 Å². The number of hydrogen-bond donors (Lipinski definition) is 3. The number of pyridine rings is 1. The minimum absolute atomic E-state index is 0.000171. The third-order valence-corrected chi connectivity index (χ3v) is 2.25. The molecular weight excluding hydrogens is 222 g/mol. The summed E-state index contributed by atoms with van der Waals surface area (Å²) in [6.07, 6.45) is 4.24. The minimum Gasteiger partial charge on any atom is -0.505 e. The molecule has 0 aliphatic heterocycles. The van der Waals surface area contributed by atoms with Gasteiger partial charge in [0.05, 0.1) is 12.3 Å². The summed E-state index contributed by atoms with van der Waals surface area (Å²) in [6, 6.07) is 0. The van der Waals surface area contributed by atoms with Crippen molar-refractivity contribution >= 4 is 12.2 Å². The molecular formula is C10H11N5O2. The third-order valence-electron chi connectivity index (χ3n) is 2.25. The van der Waals surface area contributed by atoms with E-state index in [2.05, 4.69) is 25.2 Å². The van der Waals surface area contributed by atoms with Gasteiger partial charge in [0, 0.05) is 23.5 Å². The van der Waals surface area contributed by atoms with Gasteiger partial charge in [-0.05, 0) is 6.92 Å². The Morgan fingerprint density at radius 3 is 2.94 bits per heavy atom. The Morgan fingerprint density at radius 1 is 1.47 bits per heavy atom. The number of hydrogen-bond acceptors (Lipinski definition) is 6. The summed E-state index contributed by atoms with van der Waals surface area (Å²) in [5.41, 5.74) is 1.40. The average Bonchev–Trinajstić information content (AvgIpc) is 2.84. The highest BCUT2D eigenvalue weighted by atomic mass is 16.3. The molecule has 0 bridgehead atoms. The number of H-pyrrole nitrogens is 1. The summed E-state index contributed by atoms with van der Waals surface area (Å²) >= 11 is 0. The average molecular weight is 233 g/mol. The number of aliphatic hydroxyl groups excluding tert-OH is 1. The molecule has 0 saturated heterocycles. The molecule has 0 radical (unpaired) electrons. The van der Waals surface area contributed by atoms with Crippen LogP contribution in [0.2, 0.25) is 0 Å². The molecule has 0 saturated carbocycles. The number of aromatic amines is 1. The van der Waals surface area contributed by atoms with Crippen LogP contribution in [0, 0.1) is 6.92 Å². The van der Waals surface area contributed by atoms with E-state index in [1.807, 2.05) is 0 Å². The zero-order valence-electron chi connectivity index (χ0n) is 9.12. The number of rotatable bonds is 3. The number of aliphatic imine (C=N–C) groups is 1. The topological polar surface area (TPSA) is 107 Å². The molecule has 2 heterocycles. The van der Waals surface area contributed by atoms with Crippen molar-refractivity contribution in [2.45, 2.75) is 13.5 Å². The number of aromatic hydroxyl groups is 1. The van der Waals surface area contributed by atoms with Crippen molar-refractivity contribution in [3.05, 3.63) is 29.3 Å². The van der Waals surface area contributed by atoms with E-state index in [0.717, 1.165) is 0 Å². The molecule has 0 spiro atoms. The van der Waals surface area contributed by atoms with Crippen LogP contribution in [0.1, 0.15) is 16.8 Å². The van der Waals surface area contributed by atoms with Crippen LogP contribution in [0.5, 0.6) is 5.75 Å². The fourth-order valence-corrected chi connectivity index (χ4v) is 1.31. The molecule has 7 nitrogen and oxygen atoms in total. The van der Waals surface area contributed by atoms with Gasteiger partial charge in [-0.1, -0.05) is 0 Å². The second kappa shape index (κ2) is 4.71. The zero-order chi connectivity index (χ0) is 12.3. The van der Waals surface area contributed by atoms with Gasteiger partial charge in [0.15, 0.2) is 0 Å². The molecule has 7 heteroatoms. The molecule has 88 valence electrons. The first-order valence-corrected chi connectivity index (χ1v) is 4.90. The van der Waals surface area contributed by atoms with E-state index < -0.39 is 0 Å². The first-order valence-electron chi connectivity index (χ1n) is 4.90. The van der Waals surface area contributed by atoms with Crippen LogP contribution < -0.4 is 0 Å². The van der Waals surface area contributed by atoms with E-state index in [0.29, 0.717) is 22.8 Å². The predicted molar refractivity (Wildman–Crippen MR) is 60.2 cm³/mol. The molecule has 2 aromatic heterocycles. The normalized spacial score (nSPS) is 11.2. The summed E-state index contributed by atoms with van der Waals surface area (Å²) in [6.45, 7) is 1.45. The van der Waals surface area contributed by atoms with Crippen molar-refractivity contribution in [2.75, 3.05) is 0 Å². The number of nitrogens with one attached hydrogen (secondary N) is 1. The van der Waals surface area contributed by atoms with E-state index >= 15 is 0 Å². The van der Waals surface area contributed by atoms with Crippen molar-refractivity contribution < 1.29 is 10.2 Å². The molecule has 0 fully saturated rings. The lowest BCUT2D eigenvalue weighted by atomic mass is 10.1. The maximum absolute atomic E-state index is 9.83. The number of aryl methyl sites for hydroxylation is 1. The SMILES string of the molecule is Cc1ncc(CO)c(/C=N/c2ncn[nH]2)c1O. The molecule has 0 unspecified atom stereocenters. The van der Waals surface area contributed by atoms with Crippen molar-refractivity contribution in [2.24, 2.45) is 4.99 Å². The maximum atomic E-state index is 9.83. The first kappa shape index (κ1) is 11.2. The summed E-state index contributed by atoms with van der Waals surface area (Å²) in [4.78, 5) is 11.8. The lowest BCUT2D eigenvalue weighted by Gasteiger charge is -2.06. The first-order chi connectivity index (χ1) is 8.22. The quantitative estimate of drug-likeness (QED) is 0.667. The van der Waals surface area contributed by atoms with Gasteiger partial charge in [0.2, 0.25) is 5.95 Å². The molecule has 0 aromatic carbocycles. The van der Waals surface area contributed by atoms with Gasteiger partial charge in [-0.15, -0.1) is 0 Å². The number of nitrogens with zero attached hydrogens (tertiary/aromatic N) is 4. The van der Waals surface area contributed by atoms with Crippen LogP contribution >= 0.6 is 0 Å². The van der Waals surface area contributed by atoms with Crippen LogP contribution in [-0.4, -0.2) is 36.6 Å². The predicted octanol–water partition coefficient (Wildman–Crippen LogP) is 0.457. The third kappa shape index (κ3) is 2.28. The molecule has 2 aromatic rings. The Hall–Kier alpha value is -2.28. The Kier molecular flexibility index (Phi) is 3.10. The molecule has 0 atom stereocenters. The van der Waals surface area contributed by atoms with E-state index in [4.69, 9.17) is 5.11 Å². The van der Waals surface area contributed by atoms with E-state index in [1.165, 1.54) is 18.7 Å². The van der Waals surface area contributed by atoms with E-state index in [-0.39, 0.29) is 12.4 Å². The van der Waals surface area contributed by atoms with E-state index in [9.17, 15) is 5.11 Å². The van der Waals surface area contributed by atoms with Crippen LogP contribution in [-0.2, 0) is 6.61 Å². The summed E-state index contributed by atoms with van der Waals surface area (Å²) in [5.74, 6) is 0.322. The Bertz CT molecular complexity index is 536. The Balaban J connectivity index is 2.40. The van der Waals surface area contributed by atoms with Crippen LogP contribution in [0.25, 0.3) is 0 Å². The zero-order valence-corrected chi connectivity index (χ0v) is 9.12. The molecule has 0 aliphatic rings. The van der Waals surface area contributed by atoms with Crippen molar-refractivity contribution in [3.63, 3.8) is 0 Å². The lowest BCUT2D eigenvalue weighted by Crippen LogP contribution is -1.97. The second-order valence-electron chi connectivity index (χ2n) is 3.36. The highest BCUT2D eigenvalue weighted by Crippen LogP contribution is 2.22. The fourth-order valence-electron chi connectivity index (χ4n) is 1.31. The highest BCUT2D eigenvalue weighted by molar-refractivity contribution is 5.86. The summed E-state index contributed by atoms with van der Waals surface area (Å²) in [5, 5.41) is 25.2. The van der Waals surface area contributed by atoms with Crippen molar-refractivity contribution in [3.8, 4) is 5.75 Å². The van der Waals surface area contributed by atoms with Crippen LogP contribution in [0.3, 0.4) is 0 Å². The van der Waals surface area contributed by atoms with Gasteiger partial charge in [-0.3, -0.25) is 4.98 Å². The van der Waals surface area contributed by atoms with Gasteiger partial charge in [0.25, 0.3) is 0 Å². The lowest BCUT2D eigenvalue weighted by molar-refractivity contribution is 0.280. The highest BCUT2D eigenvalue weighted by Gasteiger charge is 2.09. The molecule has 2 rings (SSSR count). The number of aliphatic hydroxyl groups is 1. The van der Waals surface area contributed by atoms with Gasteiger partial charge < -0.3 is 10.2 Å². The Morgan fingerprint density at radius 2 is 2.29 bits per heavy atom. The van der Waals surface area contributed by atoms with Gasteiger partial charge in [0.1, 0.15) is 12.1 Å². The van der Waals surface area contributed by atoms with Crippen LogP contribution in [0.4, 0.5) is 5.95 Å². The largest absolute Gasteiger partial charge is 0.505 e. The molecule has 0 aliphatic carbocycles. The molecule has 0 amide bonds. The maximum Gasteiger partial charge on any atom is 0.245 e. The minimum atomic E-state index is -0.224. The molecule has 17 heavy (non-hydrogen) atoms. The standard InChI is InChI=1S/C10H11N5O2/c1-6-9(17)8(7(4-16)2-11-6)3-12-10-13-5-14-15-10/h2-3,5,16-17H,4H2,1H3,(H,13,14,15)/b12-3+. The van der Waals surface area contributed by atoms with Crippen LogP contribution in [0.15, 0.2) is 17.5 Å². The molecule has 3 N–H and O–H groups in total.